The highest BCUT2D eigenvalue weighted by atomic mass is 32.2. The van der Waals surface area contributed by atoms with Crippen LogP contribution in [0.1, 0.15) is 20.3 Å². The van der Waals surface area contributed by atoms with Crippen LogP contribution in [0.4, 0.5) is 0 Å². The molecule has 0 aliphatic heterocycles. The minimum Gasteiger partial charge on any atom is -0.481 e. The van der Waals surface area contributed by atoms with Crippen LogP contribution in [0.2, 0.25) is 0 Å². The minimum absolute atomic E-state index is 0.0159. The molecule has 0 aliphatic rings. The summed E-state index contributed by atoms with van der Waals surface area (Å²) in [6.07, 6.45) is -0.496. The summed E-state index contributed by atoms with van der Waals surface area (Å²) >= 11 is 1.39. The van der Waals surface area contributed by atoms with Gasteiger partial charge in [-0.15, -0.1) is 0 Å². The van der Waals surface area contributed by atoms with E-state index >= 15 is 0 Å². The lowest BCUT2D eigenvalue weighted by atomic mass is 10.0. The van der Waals surface area contributed by atoms with Crippen LogP contribution in [0.5, 0.6) is 11.8 Å². The first-order valence-electron chi connectivity index (χ1n) is 6.80. The number of thioether (sulfide) groups is 1. The van der Waals surface area contributed by atoms with Crippen LogP contribution in [0, 0.1) is 5.92 Å². The summed E-state index contributed by atoms with van der Waals surface area (Å²) in [5.74, 6) is 0.0532. The van der Waals surface area contributed by atoms with E-state index < -0.39 is 12.1 Å². The molecule has 0 radical (unpaired) electrons. The highest BCUT2D eigenvalue weighted by Gasteiger charge is 2.26. The Hall–Kier alpha value is -1.54. The number of aliphatic carboxylic acids is 1. The summed E-state index contributed by atoms with van der Waals surface area (Å²) in [5, 5.41) is 9.59. The summed E-state index contributed by atoms with van der Waals surface area (Å²) in [6.45, 7) is 4.04. The van der Waals surface area contributed by atoms with Gasteiger partial charge in [0.05, 0.1) is 20.3 Å². The third-order valence-corrected chi connectivity index (χ3v) is 4.52. The van der Waals surface area contributed by atoms with Crippen LogP contribution in [0.3, 0.4) is 0 Å². The predicted octanol–water partition coefficient (Wildman–Crippen LogP) is 2.10. The first kappa shape index (κ1) is 18.5. The summed E-state index contributed by atoms with van der Waals surface area (Å²) in [6, 6.07) is 1.59. The van der Waals surface area contributed by atoms with Crippen LogP contribution >= 0.6 is 11.8 Å². The van der Waals surface area contributed by atoms with Crippen LogP contribution < -0.4 is 9.47 Å². The van der Waals surface area contributed by atoms with Gasteiger partial charge in [-0.3, -0.25) is 0 Å². The van der Waals surface area contributed by atoms with Crippen molar-refractivity contribution in [2.24, 2.45) is 5.92 Å². The maximum atomic E-state index is 11.1. The molecule has 7 nitrogen and oxygen atoms in total. The molecular weight excluding hydrogens is 308 g/mol. The minimum atomic E-state index is -0.974. The molecule has 8 heteroatoms. The molecule has 2 atom stereocenters. The zero-order valence-corrected chi connectivity index (χ0v) is 14.2. The molecule has 0 bridgehead atoms. The van der Waals surface area contributed by atoms with Crippen LogP contribution in [0.25, 0.3) is 0 Å². The van der Waals surface area contributed by atoms with E-state index in [1.807, 2.05) is 13.8 Å². The number of carboxylic acid groups (broad SMARTS) is 1. The number of carbonyl (C=O) groups is 1. The lowest BCUT2D eigenvalue weighted by Crippen LogP contribution is -2.28. The summed E-state index contributed by atoms with van der Waals surface area (Å²) in [5.41, 5.74) is 0. The van der Waals surface area contributed by atoms with Gasteiger partial charge in [-0.1, -0.05) is 25.6 Å². The van der Waals surface area contributed by atoms with Gasteiger partial charge < -0.3 is 19.3 Å². The molecule has 1 aromatic rings. The molecule has 0 spiro atoms. The van der Waals surface area contributed by atoms with Crippen molar-refractivity contribution >= 4 is 17.7 Å². The van der Waals surface area contributed by atoms with E-state index in [4.69, 9.17) is 19.3 Å². The number of carboxylic acids is 1. The Morgan fingerprint density at radius 3 is 2.14 bits per heavy atom. The van der Waals surface area contributed by atoms with Gasteiger partial charge in [0.25, 0.3) is 0 Å². The van der Waals surface area contributed by atoms with Gasteiger partial charge in [0.15, 0.2) is 11.3 Å². The van der Waals surface area contributed by atoms with E-state index in [1.54, 1.807) is 6.07 Å². The fraction of sp³-hybridized carbons (Fsp3) is 0.643. The SMILES string of the molecule is COc1cc(OC)nc(SC(CC(OC)C(=O)O)C(C)C)n1. The lowest BCUT2D eigenvalue weighted by molar-refractivity contribution is -0.148. The quantitative estimate of drug-likeness (QED) is 0.544. The number of nitrogens with zero attached hydrogens (tertiary/aromatic N) is 2. The van der Waals surface area contributed by atoms with Crippen molar-refractivity contribution in [3.05, 3.63) is 6.07 Å². The molecule has 0 saturated carbocycles. The molecule has 0 saturated heterocycles. The van der Waals surface area contributed by atoms with Crippen molar-refractivity contribution in [2.75, 3.05) is 21.3 Å². The number of hydrogen-bond acceptors (Lipinski definition) is 7. The maximum absolute atomic E-state index is 11.1. The second-order valence-electron chi connectivity index (χ2n) is 4.93. The van der Waals surface area contributed by atoms with Gasteiger partial charge in [-0.2, -0.15) is 9.97 Å². The first-order chi connectivity index (χ1) is 10.4. The number of rotatable bonds is 9. The average molecular weight is 330 g/mol. The Bertz CT molecular complexity index is 476. The number of hydrogen-bond donors (Lipinski definition) is 1. The molecule has 0 aliphatic carbocycles. The summed E-state index contributed by atoms with van der Waals surface area (Å²) in [7, 11) is 4.43. The molecule has 0 amide bonds. The third kappa shape index (κ3) is 5.34. The second kappa shape index (κ2) is 8.79. The van der Waals surface area contributed by atoms with Crippen molar-refractivity contribution in [1.29, 1.82) is 0 Å². The monoisotopic (exact) mass is 330 g/mol. The van der Waals surface area contributed by atoms with E-state index in [-0.39, 0.29) is 11.2 Å². The van der Waals surface area contributed by atoms with Gasteiger partial charge in [0.2, 0.25) is 11.8 Å². The third-order valence-electron chi connectivity index (χ3n) is 3.08. The van der Waals surface area contributed by atoms with Crippen molar-refractivity contribution in [3.63, 3.8) is 0 Å². The lowest BCUT2D eigenvalue weighted by Gasteiger charge is -2.22. The highest BCUT2D eigenvalue weighted by Crippen LogP contribution is 2.31. The molecule has 22 heavy (non-hydrogen) atoms. The molecule has 2 unspecified atom stereocenters. The fourth-order valence-corrected chi connectivity index (χ4v) is 2.85. The van der Waals surface area contributed by atoms with E-state index in [0.29, 0.717) is 23.3 Å². The van der Waals surface area contributed by atoms with Crippen molar-refractivity contribution in [2.45, 2.75) is 36.8 Å². The van der Waals surface area contributed by atoms with E-state index in [9.17, 15) is 4.79 Å². The number of aromatic nitrogens is 2. The molecule has 0 aromatic carbocycles. The Morgan fingerprint density at radius 1 is 1.23 bits per heavy atom. The van der Waals surface area contributed by atoms with Crippen molar-refractivity contribution in [1.82, 2.24) is 9.97 Å². The molecule has 124 valence electrons. The summed E-state index contributed by atoms with van der Waals surface area (Å²) < 4.78 is 15.3. The predicted molar refractivity (Wildman–Crippen MR) is 82.7 cm³/mol. The highest BCUT2D eigenvalue weighted by molar-refractivity contribution is 7.99. The Labute approximate surface area is 134 Å². The fourth-order valence-electron chi connectivity index (χ4n) is 1.75. The normalized spacial score (nSPS) is 13.7. The van der Waals surface area contributed by atoms with Crippen LogP contribution in [-0.2, 0) is 9.53 Å². The van der Waals surface area contributed by atoms with E-state index in [0.717, 1.165) is 0 Å². The largest absolute Gasteiger partial charge is 0.481 e. The molecule has 1 rings (SSSR count). The maximum Gasteiger partial charge on any atom is 0.332 e. The zero-order valence-electron chi connectivity index (χ0n) is 13.4. The Kier molecular flexibility index (Phi) is 7.40. The van der Waals surface area contributed by atoms with Crippen molar-refractivity contribution in [3.8, 4) is 11.8 Å². The summed E-state index contributed by atoms with van der Waals surface area (Å²) in [4.78, 5) is 19.7. The van der Waals surface area contributed by atoms with E-state index in [2.05, 4.69) is 9.97 Å². The molecule has 1 aromatic heterocycles. The van der Waals surface area contributed by atoms with Gasteiger partial charge in [-0.05, 0) is 12.3 Å². The number of methoxy groups -OCH3 is 3. The first-order valence-corrected chi connectivity index (χ1v) is 7.68. The van der Waals surface area contributed by atoms with Crippen LogP contribution in [-0.4, -0.2) is 53.7 Å². The molecule has 0 fully saturated rings. The van der Waals surface area contributed by atoms with Gasteiger partial charge in [-0.25, -0.2) is 4.79 Å². The van der Waals surface area contributed by atoms with Gasteiger partial charge in [0, 0.05) is 12.4 Å². The van der Waals surface area contributed by atoms with E-state index in [1.165, 1.54) is 33.1 Å². The zero-order chi connectivity index (χ0) is 16.7. The molecular formula is C14H22N2O5S. The second-order valence-corrected chi connectivity index (χ2v) is 6.14. The Morgan fingerprint density at radius 2 is 1.77 bits per heavy atom. The average Bonchev–Trinajstić information content (AvgIpc) is 2.50. The Balaban J connectivity index is 2.93. The standard InChI is InChI=1S/C14H22N2O5S/c1-8(2)10(6-9(19-3)13(17)18)22-14-15-11(20-4)7-12(16-14)21-5/h7-10H,6H2,1-5H3,(H,17,18). The van der Waals surface area contributed by atoms with Crippen molar-refractivity contribution < 1.29 is 24.1 Å². The topological polar surface area (TPSA) is 90.8 Å². The number of ether oxygens (including phenoxy) is 3. The molecule has 1 N–H and O–H groups in total. The molecule has 1 heterocycles. The van der Waals surface area contributed by atoms with Gasteiger partial charge >= 0.3 is 5.97 Å². The van der Waals surface area contributed by atoms with Crippen LogP contribution in [0.15, 0.2) is 11.2 Å². The van der Waals surface area contributed by atoms with Gasteiger partial charge in [0.1, 0.15) is 0 Å². The smallest absolute Gasteiger partial charge is 0.332 e.